The summed E-state index contributed by atoms with van der Waals surface area (Å²) in [5.74, 6) is 0.443. The average Bonchev–Trinajstić information content (AvgIpc) is 3.31. The van der Waals surface area contributed by atoms with Crippen LogP contribution in [0.4, 0.5) is 38.3 Å². The van der Waals surface area contributed by atoms with Crippen molar-refractivity contribution < 1.29 is 31.9 Å². The molecule has 3 aromatic heterocycles. The van der Waals surface area contributed by atoms with Crippen LogP contribution in [0.2, 0.25) is 0 Å². The van der Waals surface area contributed by atoms with Gasteiger partial charge in [-0.05, 0) is 25.0 Å². The molecule has 0 bridgehead atoms. The molecule has 2 amide bonds. The smallest absolute Gasteiger partial charge is 0.371 e. The molecule has 0 radical (unpaired) electrons. The van der Waals surface area contributed by atoms with Crippen LogP contribution in [0.25, 0.3) is 11.2 Å². The van der Waals surface area contributed by atoms with E-state index in [9.17, 15) is 31.9 Å². The van der Waals surface area contributed by atoms with Gasteiger partial charge in [-0.2, -0.15) is 18.3 Å². The number of hydrogen-bond acceptors (Lipinski definition) is 7. The maximum atomic E-state index is 13.0. The van der Waals surface area contributed by atoms with Gasteiger partial charge in [0.05, 0.1) is 29.8 Å². The average molecular weight is 512 g/mol. The SMILES string of the molecule is CN1C(=O)N(c2ccc(C(F)(F)F)nc2)C(O)C12CCN(c1cnc3cnn(CC(F)F)c3n1)CC2. The Balaban J connectivity index is 1.35. The summed E-state index contributed by atoms with van der Waals surface area (Å²) in [5, 5.41) is 15.1. The second kappa shape index (κ2) is 8.50. The number of rotatable bonds is 4. The normalized spacial score (nSPS) is 20.4. The summed E-state index contributed by atoms with van der Waals surface area (Å²) in [6.45, 7) is 0.104. The zero-order chi connectivity index (χ0) is 25.8. The molecule has 2 aliphatic rings. The quantitative estimate of drug-likeness (QED) is 0.537. The zero-order valence-corrected chi connectivity index (χ0v) is 18.9. The lowest BCUT2D eigenvalue weighted by Crippen LogP contribution is -2.57. The number of aromatic nitrogens is 5. The first-order chi connectivity index (χ1) is 17.0. The van der Waals surface area contributed by atoms with Crippen LogP contribution in [0, 0.1) is 0 Å². The highest BCUT2D eigenvalue weighted by atomic mass is 19.4. The molecule has 10 nitrogen and oxygen atoms in total. The monoisotopic (exact) mass is 512 g/mol. The molecule has 5 heterocycles. The standard InChI is InChI=1S/C21H21F5N8O2/c1-31-19(36)34(12-2-3-14(28-8-12)21(24,25)26)18(35)20(31)4-6-32(7-5-20)16-10-27-13-9-29-33(11-15(22)23)17(13)30-16/h2-3,8-10,15,18,35H,4-7,11H2,1H3. The predicted molar refractivity (Wildman–Crippen MR) is 116 cm³/mol. The number of likely N-dealkylation sites (N-methyl/N-ethyl adjacent to an activating group) is 1. The van der Waals surface area contributed by atoms with E-state index in [0.717, 1.165) is 27.9 Å². The number of nitrogens with zero attached hydrogens (tertiary/aromatic N) is 8. The van der Waals surface area contributed by atoms with E-state index in [0.29, 0.717) is 37.3 Å². The molecule has 2 aliphatic heterocycles. The maximum absolute atomic E-state index is 13.0. The molecule has 1 atom stereocenters. The van der Waals surface area contributed by atoms with Crippen LogP contribution in [-0.2, 0) is 12.7 Å². The fraction of sp³-hybridized carbons (Fsp3) is 0.476. The first-order valence-electron chi connectivity index (χ1n) is 11.0. The molecule has 0 aliphatic carbocycles. The van der Waals surface area contributed by atoms with Gasteiger partial charge in [0.1, 0.15) is 23.6 Å². The Morgan fingerprint density at radius 3 is 2.47 bits per heavy atom. The summed E-state index contributed by atoms with van der Waals surface area (Å²) in [6.07, 6.45) is -4.13. The summed E-state index contributed by atoms with van der Waals surface area (Å²) in [7, 11) is 1.54. The molecule has 1 unspecified atom stereocenters. The minimum absolute atomic E-state index is 0.0512. The van der Waals surface area contributed by atoms with Crippen molar-refractivity contribution in [1.82, 2.24) is 29.6 Å². The largest absolute Gasteiger partial charge is 0.433 e. The number of aliphatic hydroxyl groups excluding tert-OH is 1. The van der Waals surface area contributed by atoms with Crippen LogP contribution in [-0.4, -0.2) is 79.1 Å². The molecule has 0 aromatic carbocycles. The van der Waals surface area contributed by atoms with Gasteiger partial charge in [-0.25, -0.2) is 33.2 Å². The predicted octanol–water partition coefficient (Wildman–Crippen LogP) is 2.73. The van der Waals surface area contributed by atoms with Crippen LogP contribution in [0.15, 0.2) is 30.7 Å². The second-order valence-electron chi connectivity index (χ2n) is 8.73. The van der Waals surface area contributed by atoms with Crippen LogP contribution < -0.4 is 9.80 Å². The third kappa shape index (κ3) is 3.86. The van der Waals surface area contributed by atoms with Crippen molar-refractivity contribution in [3.63, 3.8) is 0 Å². The number of fused-ring (bicyclic) bond motifs is 1. The topological polar surface area (TPSA) is 104 Å². The molecule has 2 fully saturated rings. The van der Waals surface area contributed by atoms with Crippen molar-refractivity contribution in [2.45, 2.75) is 43.8 Å². The van der Waals surface area contributed by atoms with Gasteiger partial charge in [0.15, 0.2) is 11.9 Å². The summed E-state index contributed by atoms with van der Waals surface area (Å²) in [5.41, 5.74) is -1.44. The Bertz CT molecular complexity index is 1270. The molecule has 15 heteroatoms. The molecule has 1 N–H and O–H groups in total. The number of hydrogen-bond donors (Lipinski definition) is 1. The van der Waals surface area contributed by atoms with Crippen LogP contribution in [0.1, 0.15) is 18.5 Å². The van der Waals surface area contributed by atoms with E-state index in [2.05, 4.69) is 20.1 Å². The highest BCUT2D eigenvalue weighted by Crippen LogP contribution is 2.42. The first kappa shape index (κ1) is 24.1. The summed E-state index contributed by atoms with van der Waals surface area (Å²) in [6, 6.07) is 1.30. The Labute approximate surface area is 201 Å². The molecule has 5 rings (SSSR count). The van der Waals surface area contributed by atoms with E-state index in [1.807, 2.05) is 4.90 Å². The minimum Gasteiger partial charge on any atom is -0.371 e. The van der Waals surface area contributed by atoms with Gasteiger partial charge in [-0.3, -0.25) is 4.90 Å². The highest BCUT2D eigenvalue weighted by molar-refractivity contribution is 5.95. The molecule has 192 valence electrons. The van der Waals surface area contributed by atoms with Crippen molar-refractivity contribution in [2.24, 2.45) is 0 Å². The molecule has 36 heavy (non-hydrogen) atoms. The van der Waals surface area contributed by atoms with Crippen LogP contribution >= 0.6 is 0 Å². The fourth-order valence-corrected chi connectivity index (χ4v) is 4.79. The second-order valence-corrected chi connectivity index (χ2v) is 8.73. The lowest BCUT2D eigenvalue weighted by Gasteiger charge is -2.44. The van der Waals surface area contributed by atoms with Crippen LogP contribution in [0.3, 0.4) is 0 Å². The number of aliphatic hydroxyl groups is 1. The minimum atomic E-state index is -4.62. The van der Waals surface area contributed by atoms with Gasteiger partial charge in [-0.15, -0.1) is 0 Å². The number of pyridine rings is 1. The highest BCUT2D eigenvalue weighted by Gasteiger charge is 2.56. The third-order valence-electron chi connectivity index (χ3n) is 6.80. The van der Waals surface area contributed by atoms with Gasteiger partial charge in [0, 0.05) is 20.1 Å². The van der Waals surface area contributed by atoms with E-state index in [4.69, 9.17) is 0 Å². The number of halogens is 5. The number of carbonyl (C=O) groups excluding carboxylic acids is 1. The number of piperidine rings is 1. The van der Waals surface area contributed by atoms with E-state index in [1.54, 1.807) is 0 Å². The molecule has 0 saturated carbocycles. The number of alkyl halides is 5. The van der Waals surface area contributed by atoms with Crippen molar-refractivity contribution in [3.8, 4) is 0 Å². The number of anilines is 2. The number of amides is 2. The van der Waals surface area contributed by atoms with Gasteiger partial charge in [0.25, 0.3) is 6.43 Å². The van der Waals surface area contributed by atoms with Crippen LogP contribution in [0.5, 0.6) is 0 Å². The Morgan fingerprint density at radius 1 is 1.14 bits per heavy atom. The van der Waals surface area contributed by atoms with Crippen molar-refractivity contribution in [2.75, 3.05) is 29.9 Å². The Morgan fingerprint density at radius 2 is 1.86 bits per heavy atom. The Kier molecular flexibility index (Phi) is 5.69. The summed E-state index contributed by atoms with van der Waals surface area (Å²) in [4.78, 5) is 29.4. The molecule has 3 aromatic rings. The van der Waals surface area contributed by atoms with Gasteiger partial charge >= 0.3 is 12.2 Å². The lowest BCUT2D eigenvalue weighted by atomic mass is 9.85. The fourth-order valence-electron chi connectivity index (χ4n) is 4.79. The lowest BCUT2D eigenvalue weighted by molar-refractivity contribution is -0.141. The molecule has 2 saturated heterocycles. The third-order valence-corrected chi connectivity index (χ3v) is 6.80. The maximum Gasteiger partial charge on any atom is 0.433 e. The number of urea groups is 1. The summed E-state index contributed by atoms with van der Waals surface area (Å²) >= 11 is 0. The van der Waals surface area contributed by atoms with Gasteiger partial charge in [-0.1, -0.05) is 0 Å². The van der Waals surface area contributed by atoms with E-state index >= 15 is 0 Å². The van der Waals surface area contributed by atoms with E-state index < -0.39 is 42.6 Å². The molecular formula is C21H21F5N8O2. The first-order valence-corrected chi connectivity index (χ1v) is 11.0. The van der Waals surface area contributed by atoms with Crippen molar-refractivity contribution >= 4 is 28.7 Å². The van der Waals surface area contributed by atoms with E-state index in [1.165, 1.54) is 24.3 Å². The molecular weight excluding hydrogens is 491 g/mol. The zero-order valence-electron chi connectivity index (χ0n) is 18.9. The number of carbonyl (C=O) groups is 1. The van der Waals surface area contributed by atoms with Gasteiger partial charge in [0.2, 0.25) is 0 Å². The van der Waals surface area contributed by atoms with Gasteiger partial charge < -0.3 is 14.9 Å². The van der Waals surface area contributed by atoms with Crippen molar-refractivity contribution in [3.05, 3.63) is 36.4 Å². The van der Waals surface area contributed by atoms with E-state index in [-0.39, 0.29) is 11.3 Å². The molecule has 1 spiro atoms. The Hall–Kier alpha value is -3.62. The summed E-state index contributed by atoms with van der Waals surface area (Å²) < 4.78 is 65.4. The van der Waals surface area contributed by atoms with Crippen molar-refractivity contribution in [1.29, 1.82) is 0 Å².